The van der Waals surface area contributed by atoms with Crippen molar-refractivity contribution in [2.24, 2.45) is 5.92 Å². The molecule has 1 aliphatic rings. The monoisotopic (exact) mass is 266 g/mol. The molecule has 1 saturated carbocycles. The summed E-state index contributed by atoms with van der Waals surface area (Å²) in [6.07, 6.45) is 2.36. The summed E-state index contributed by atoms with van der Waals surface area (Å²) in [7, 11) is 0. The summed E-state index contributed by atoms with van der Waals surface area (Å²) in [5, 5.41) is 14.3. The van der Waals surface area contributed by atoms with Crippen LogP contribution in [0.2, 0.25) is 0 Å². The summed E-state index contributed by atoms with van der Waals surface area (Å²) in [6.45, 7) is 0.869. The molecule has 0 spiro atoms. The number of carbonyl (C=O) groups excluding carboxylic acids is 1. The maximum atomic E-state index is 13.1. The molecule has 0 heterocycles. The van der Waals surface area contributed by atoms with E-state index in [1.807, 2.05) is 0 Å². The van der Waals surface area contributed by atoms with Gasteiger partial charge in [-0.15, -0.1) is 0 Å². The van der Waals surface area contributed by atoms with Crippen LogP contribution < -0.4 is 10.6 Å². The minimum Gasteiger partial charge on any atom is -0.478 e. The van der Waals surface area contributed by atoms with Gasteiger partial charge in [0, 0.05) is 0 Å². The SMILES string of the molecule is O=C(CNCC1CC1)Nc1cc(F)ccc1C(=O)O. The van der Waals surface area contributed by atoms with Crippen LogP contribution in [0.1, 0.15) is 23.2 Å². The number of hydrogen-bond acceptors (Lipinski definition) is 3. The smallest absolute Gasteiger partial charge is 0.337 e. The quantitative estimate of drug-likeness (QED) is 0.728. The number of nitrogens with one attached hydrogen (secondary N) is 2. The number of halogens is 1. The topological polar surface area (TPSA) is 78.4 Å². The van der Waals surface area contributed by atoms with E-state index in [1.54, 1.807) is 0 Å². The van der Waals surface area contributed by atoms with Crippen molar-refractivity contribution in [3.63, 3.8) is 0 Å². The van der Waals surface area contributed by atoms with Gasteiger partial charge in [-0.1, -0.05) is 0 Å². The molecule has 1 amide bonds. The third-order valence-corrected chi connectivity index (χ3v) is 2.90. The maximum Gasteiger partial charge on any atom is 0.337 e. The van der Waals surface area contributed by atoms with Crippen molar-refractivity contribution in [1.82, 2.24) is 5.32 Å². The van der Waals surface area contributed by atoms with Gasteiger partial charge in [0.2, 0.25) is 5.91 Å². The molecule has 0 radical (unpaired) electrons. The van der Waals surface area contributed by atoms with Gasteiger partial charge in [-0.05, 0) is 43.5 Å². The average molecular weight is 266 g/mol. The average Bonchev–Trinajstić information content (AvgIpc) is 3.12. The van der Waals surface area contributed by atoms with Gasteiger partial charge in [0.15, 0.2) is 0 Å². The molecule has 3 N–H and O–H groups in total. The minimum absolute atomic E-state index is 0.0225. The number of hydrogen-bond donors (Lipinski definition) is 3. The Balaban J connectivity index is 1.94. The Morgan fingerprint density at radius 1 is 1.37 bits per heavy atom. The van der Waals surface area contributed by atoms with Crippen LogP contribution in [0.3, 0.4) is 0 Å². The summed E-state index contributed by atoms with van der Waals surface area (Å²) in [6, 6.07) is 3.18. The van der Waals surface area contributed by atoms with E-state index in [0.717, 1.165) is 24.7 Å². The van der Waals surface area contributed by atoms with Crippen LogP contribution in [0.25, 0.3) is 0 Å². The molecular weight excluding hydrogens is 251 g/mol. The van der Waals surface area contributed by atoms with Crippen molar-refractivity contribution in [3.8, 4) is 0 Å². The van der Waals surface area contributed by atoms with Crippen LogP contribution in [0.5, 0.6) is 0 Å². The molecule has 0 bridgehead atoms. The Kier molecular flexibility index (Phi) is 4.11. The molecule has 1 aromatic rings. The highest BCUT2D eigenvalue weighted by Crippen LogP contribution is 2.27. The number of amides is 1. The van der Waals surface area contributed by atoms with Crippen molar-refractivity contribution < 1.29 is 19.1 Å². The van der Waals surface area contributed by atoms with E-state index in [0.29, 0.717) is 5.92 Å². The van der Waals surface area contributed by atoms with Crippen LogP contribution in [-0.2, 0) is 4.79 Å². The second kappa shape index (κ2) is 5.79. The molecule has 0 atom stereocenters. The first-order chi connectivity index (χ1) is 9.06. The second-order valence-electron chi connectivity index (χ2n) is 4.62. The first kappa shape index (κ1) is 13.5. The highest BCUT2D eigenvalue weighted by atomic mass is 19.1. The van der Waals surface area contributed by atoms with Gasteiger partial charge >= 0.3 is 5.97 Å². The van der Waals surface area contributed by atoms with Crippen molar-refractivity contribution >= 4 is 17.6 Å². The third-order valence-electron chi connectivity index (χ3n) is 2.90. The minimum atomic E-state index is -1.21. The van der Waals surface area contributed by atoms with Gasteiger partial charge in [0.05, 0.1) is 17.8 Å². The molecule has 5 nitrogen and oxygen atoms in total. The molecule has 0 unspecified atom stereocenters. The Bertz CT molecular complexity index is 501. The zero-order valence-corrected chi connectivity index (χ0v) is 10.3. The zero-order valence-electron chi connectivity index (χ0n) is 10.3. The van der Waals surface area contributed by atoms with E-state index in [9.17, 15) is 14.0 Å². The molecule has 0 saturated heterocycles. The van der Waals surface area contributed by atoms with E-state index in [4.69, 9.17) is 5.11 Å². The molecular formula is C13H15FN2O3. The lowest BCUT2D eigenvalue weighted by atomic mass is 10.1. The summed E-state index contributed by atoms with van der Waals surface area (Å²) in [5.74, 6) is -1.53. The predicted molar refractivity (Wildman–Crippen MR) is 67.6 cm³/mol. The summed E-state index contributed by atoms with van der Waals surface area (Å²) in [4.78, 5) is 22.5. The fraction of sp³-hybridized carbons (Fsp3) is 0.385. The van der Waals surface area contributed by atoms with Gasteiger partial charge in [0.1, 0.15) is 5.82 Å². The number of carbonyl (C=O) groups is 2. The summed E-state index contributed by atoms with van der Waals surface area (Å²) < 4.78 is 13.1. The number of aromatic carboxylic acids is 1. The molecule has 19 heavy (non-hydrogen) atoms. The molecule has 102 valence electrons. The molecule has 1 fully saturated rings. The van der Waals surface area contributed by atoms with Crippen LogP contribution in [0.15, 0.2) is 18.2 Å². The zero-order chi connectivity index (χ0) is 13.8. The van der Waals surface area contributed by atoms with E-state index in [1.165, 1.54) is 12.8 Å². The molecule has 2 rings (SSSR count). The highest BCUT2D eigenvalue weighted by molar-refractivity contribution is 6.01. The second-order valence-corrected chi connectivity index (χ2v) is 4.62. The Labute approximate surface area is 109 Å². The molecule has 0 aliphatic heterocycles. The summed E-state index contributed by atoms with van der Waals surface area (Å²) >= 11 is 0. The van der Waals surface area contributed by atoms with Gasteiger partial charge in [0.25, 0.3) is 0 Å². The van der Waals surface area contributed by atoms with Crippen LogP contribution in [0.4, 0.5) is 10.1 Å². The fourth-order valence-corrected chi connectivity index (χ4v) is 1.71. The standard InChI is InChI=1S/C13H15FN2O3/c14-9-3-4-10(13(18)19)11(5-9)16-12(17)7-15-6-8-1-2-8/h3-5,8,15H,1-2,6-7H2,(H,16,17)(H,18,19). The van der Waals surface area contributed by atoms with Gasteiger partial charge in [-0.3, -0.25) is 4.79 Å². The van der Waals surface area contributed by atoms with Crippen molar-refractivity contribution in [2.75, 3.05) is 18.4 Å². The number of benzene rings is 1. The normalized spacial score (nSPS) is 14.2. The maximum absolute atomic E-state index is 13.1. The molecule has 1 aromatic carbocycles. The van der Waals surface area contributed by atoms with Gasteiger partial charge < -0.3 is 15.7 Å². The first-order valence-corrected chi connectivity index (χ1v) is 6.09. The van der Waals surface area contributed by atoms with Gasteiger partial charge in [-0.25, -0.2) is 9.18 Å². The Hall–Kier alpha value is -1.95. The van der Waals surface area contributed by atoms with Crippen molar-refractivity contribution in [2.45, 2.75) is 12.8 Å². The van der Waals surface area contributed by atoms with E-state index < -0.39 is 11.8 Å². The predicted octanol–water partition coefficient (Wildman–Crippen LogP) is 1.46. The third kappa shape index (κ3) is 4.03. The van der Waals surface area contributed by atoms with Crippen molar-refractivity contribution in [1.29, 1.82) is 0 Å². The lowest BCUT2D eigenvalue weighted by Gasteiger charge is -2.09. The van der Waals surface area contributed by atoms with Crippen LogP contribution in [-0.4, -0.2) is 30.1 Å². The van der Waals surface area contributed by atoms with E-state index in [2.05, 4.69) is 10.6 Å². The Morgan fingerprint density at radius 2 is 2.11 bits per heavy atom. The molecule has 0 aromatic heterocycles. The van der Waals surface area contributed by atoms with Crippen LogP contribution >= 0.6 is 0 Å². The molecule has 6 heteroatoms. The number of carboxylic acids is 1. The number of rotatable bonds is 6. The highest BCUT2D eigenvalue weighted by Gasteiger charge is 2.20. The van der Waals surface area contributed by atoms with E-state index in [-0.39, 0.29) is 23.7 Å². The first-order valence-electron chi connectivity index (χ1n) is 6.09. The Morgan fingerprint density at radius 3 is 2.74 bits per heavy atom. The van der Waals surface area contributed by atoms with Gasteiger partial charge in [-0.2, -0.15) is 0 Å². The fourth-order valence-electron chi connectivity index (χ4n) is 1.71. The number of carboxylic acid groups (broad SMARTS) is 1. The molecule has 1 aliphatic carbocycles. The lowest BCUT2D eigenvalue weighted by Crippen LogP contribution is -2.30. The van der Waals surface area contributed by atoms with Crippen LogP contribution in [0, 0.1) is 11.7 Å². The number of anilines is 1. The largest absolute Gasteiger partial charge is 0.478 e. The summed E-state index contributed by atoms with van der Waals surface area (Å²) in [5.41, 5.74) is -0.150. The van der Waals surface area contributed by atoms with E-state index >= 15 is 0 Å². The lowest BCUT2D eigenvalue weighted by molar-refractivity contribution is -0.115. The van der Waals surface area contributed by atoms with Crippen molar-refractivity contribution in [3.05, 3.63) is 29.6 Å².